The summed E-state index contributed by atoms with van der Waals surface area (Å²) in [6.45, 7) is 10.7. The van der Waals surface area contributed by atoms with E-state index in [2.05, 4.69) is 42.5 Å². The number of hydrogen-bond acceptors (Lipinski definition) is 24. The second kappa shape index (κ2) is 78.4. The first-order chi connectivity index (χ1) is 55.1. The van der Waals surface area contributed by atoms with Gasteiger partial charge in [-0.1, -0.05) is 65.2 Å². The SMILES string of the molecule is CCCN(CCC)C(=O)OCCOCCOC(=O)N(CCNC(=O)CCCCCNC(=O)CCC(=O)O)CCNC(=O)CCCCCNC(=O)CCC(=O)O.NCCCCCCC(=O)NCCN(CCNC(=O)CCCCCN)C(=O)OCCOCCOC(=O)N(CCNC(=O)CCCCCN)CCNC(=O)CCCCCCN. The van der Waals surface area contributed by atoms with E-state index in [0.717, 1.165) is 103 Å². The summed E-state index contributed by atoms with van der Waals surface area (Å²) in [6.07, 6.45) is 16.6. The van der Waals surface area contributed by atoms with Crippen molar-refractivity contribution in [2.45, 2.75) is 219 Å². The fourth-order valence-corrected chi connectivity index (χ4v) is 10.6. The summed E-state index contributed by atoms with van der Waals surface area (Å²) in [5.41, 5.74) is 22.1. The number of carbonyl (C=O) groups is 14. The molecule has 0 aromatic carbocycles. The predicted octanol–water partition coefficient (Wildman–Crippen LogP) is 3.22. The van der Waals surface area contributed by atoms with Crippen molar-refractivity contribution in [2.75, 3.05) is 184 Å². The zero-order valence-electron chi connectivity index (χ0n) is 68.6. The summed E-state index contributed by atoms with van der Waals surface area (Å²) >= 11 is 0. The van der Waals surface area contributed by atoms with Gasteiger partial charge in [-0.05, 0) is 116 Å². The maximum absolute atomic E-state index is 13.0. The number of nitrogens with one attached hydrogen (secondary N) is 8. The molecule has 660 valence electrons. The van der Waals surface area contributed by atoms with Crippen molar-refractivity contribution in [3.8, 4) is 0 Å². The Balaban J connectivity index is 0. The lowest BCUT2D eigenvalue weighted by Gasteiger charge is -2.23. The van der Waals surface area contributed by atoms with Gasteiger partial charge in [0.1, 0.15) is 26.4 Å². The molecule has 38 nitrogen and oxygen atoms in total. The van der Waals surface area contributed by atoms with Gasteiger partial charge in [-0.25, -0.2) is 19.2 Å². The monoisotopic (exact) mass is 1630 g/mol. The molecule has 0 radical (unpaired) electrons. The van der Waals surface area contributed by atoms with Gasteiger partial charge in [0.05, 0.1) is 39.3 Å². The highest BCUT2D eigenvalue weighted by Gasteiger charge is 2.21. The molecule has 0 aliphatic rings. The first kappa shape index (κ1) is 108. The zero-order valence-corrected chi connectivity index (χ0v) is 68.6. The van der Waals surface area contributed by atoms with Crippen LogP contribution in [-0.4, -0.2) is 297 Å². The van der Waals surface area contributed by atoms with Gasteiger partial charge in [-0.3, -0.25) is 47.9 Å². The maximum atomic E-state index is 13.0. The third-order valence-corrected chi connectivity index (χ3v) is 16.9. The van der Waals surface area contributed by atoms with E-state index in [9.17, 15) is 67.1 Å². The van der Waals surface area contributed by atoms with E-state index in [1.807, 2.05) is 13.8 Å². The zero-order chi connectivity index (χ0) is 84.7. The molecule has 0 saturated heterocycles. The average Bonchev–Trinajstić information content (AvgIpc) is 0.948. The summed E-state index contributed by atoms with van der Waals surface area (Å²) in [7, 11) is 0. The van der Waals surface area contributed by atoms with E-state index < -0.39 is 36.3 Å². The number of nitrogens with two attached hydrogens (primary N) is 4. The van der Waals surface area contributed by atoms with Crippen LogP contribution >= 0.6 is 0 Å². The summed E-state index contributed by atoms with van der Waals surface area (Å²) in [5.74, 6) is -3.59. The molecule has 0 rings (SSSR count). The second-order valence-corrected chi connectivity index (χ2v) is 26.9. The molecule has 0 unspecified atom stereocenters. The fourth-order valence-electron chi connectivity index (χ4n) is 10.6. The van der Waals surface area contributed by atoms with Crippen molar-refractivity contribution in [3.05, 3.63) is 0 Å². The minimum absolute atomic E-state index is 0.0385. The van der Waals surface area contributed by atoms with Crippen molar-refractivity contribution in [3.63, 3.8) is 0 Å². The van der Waals surface area contributed by atoms with Gasteiger partial charge < -0.3 is 124 Å². The number of amides is 12. The van der Waals surface area contributed by atoms with Crippen LogP contribution in [0.2, 0.25) is 0 Å². The van der Waals surface area contributed by atoms with Crippen molar-refractivity contribution < 1.29 is 106 Å². The third kappa shape index (κ3) is 71.3. The minimum atomic E-state index is -1.04. The number of unbranched alkanes of at least 4 members (excludes halogenated alkanes) is 14. The van der Waals surface area contributed by atoms with Crippen LogP contribution < -0.4 is 65.5 Å². The largest absolute Gasteiger partial charge is 0.481 e. The topological polar surface area (TPSA) is 548 Å². The molecule has 0 spiro atoms. The highest BCUT2D eigenvalue weighted by Crippen LogP contribution is 2.08. The highest BCUT2D eigenvalue weighted by atomic mass is 16.6. The number of carboxylic acid groups (broad SMARTS) is 2. The van der Waals surface area contributed by atoms with Gasteiger partial charge >= 0.3 is 36.3 Å². The number of nitrogens with zero attached hydrogens (tertiary/aromatic N) is 4. The number of hydrogen-bond donors (Lipinski definition) is 14. The molecule has 38 heteroatoms. The molecule has 0 aliphatic heterocycles. The van der Waals surface area contributed by atoms with E-state index in [4.69, 9.17) is 61.6 Å². The lowest BCUT2D eigenvalue weighted by atomic mass is 10.1. The van der Waals surface area contributed by atoms with Crippen LogP contribution in [0.25, 0.3) is 0 Å². The van der Waals surface area contributed by atoms with Crippen molar-refractivity contribution in [1.29, 1.82) is 0 Å². The van der Waals surface area contributed by atoms with E-state index in [1.165, 1.54) is 14.7 Å². The Morgan fingerprint density at radius 3 is 0.649 bits per heavy atom. The van der Waals surface area contributed by atoms with Gasteiger partial charge in [-0.2, -0.15) is 0 Å². The Hall–Kier alpha value is -8.46. The van der Waals surface area contributed by atoms with Crippen LogP contribution in [-0.2, 0) is 76.4 Å². The highest BCUT2D eigenvalue weighted by molar-refractivity contribution is 5.82. The number of aliphatic carboxylic acids is 2. The molecule has 0 aromatic heterocycles. The van der Waals surface area contributed by atoms with Crippen LogP contribution in [0.15, 0.2) is 0 Å². The van der Waals surface area contributed by atoms with Crippen LogP contribution in [0.1, 0.15) is 219 Å². The first-order valence-corrected chi connectivity index (χ1v) is 41.3. The van der Waals surface area contributed by atoms with E-state index in [0.29, 0.717) is 117 Å². The van der Waals surface area contributed by atoms with Crippen molar-refractivity contribution in [2.24, 2.45) is 22.9 Å². The molecular formula is C76H144N16O22. The Morgan fingerprint density at radius 1 is 0.237 bits per heavy atom. The van der Waals surface area contributed by atoms with E-state index in [-0.39, 0.29) is 217 Å². The summed E-state index contributed by atoms with van der Waals surface area (Å²) in [6, 6.07) is 0. The number of carbonyl (C=O) groups excluding carboxylic acids is 12. The van der Waals surface area contributed by atoms with Gasteiger partial charge in [0.15, 0.2) is 0 Å². The molecule has 12 amide bonds. The molecule has 18 N–H and O–H groups in total. The Labute approximate surface area is 674 Å². The summed E-state index contributed by atoms with van der Waals surface area (Å²) in [4.78, 5) is 175. The number of rotatable bonds is 74. The van der Waals surface area contributed by atoms with E-state index >= 15 is 0 Å². The smallest absolute Gasteiger partial charge is 0.409 e. The van der Waals surface area contributed by atoms with Gasteiger partial charge in [0.2, 0.25) is 47.3 Å². The molecule has 0 aliphatic carbocycles. The summed E-state index contributed by atoms with van der Waals surface area (Å²) < 4.78 is 32.4. The van der Waals surface area contributed by atoms with Crippen LogP contribution in [0.5, 0.6) is 0 Å². The fraction of sp³-hybridized carbons (Fsp3) is 0.816. The molecule has 0 aromatic rings. The lowest BCUT2D eigenvalue weighted by molar-refractivity contribution is -0.139. The normalized spacial score (nSPS) is 10.6. The number of carboxylic acids is 2. The lowest BCUT2D eigenvalue weighted by Crippen LogP contribution is -2.43. The average molecular weight is 1630 g/mol. The third-order valence-electron chi connectivity index (χ3n) is 16.9. The molecule has 114 heavy (non-hydrogen) atoms. The van der Waals surface area contributed by atoms with Crippen LogP contribution in [0.4, 0.5) is 19.2 Å². The molecule has 0 saturated carbocycles. The van der Waals surface area contributed by atoms with E-state index in [1.54, 1.807) is 4.90 Å². The van der Waals surface area contributed by atoms with Crippen LogP contribution in [0.3, 0.4) is 0 Å². The number of ether oxygens (including phenoxy) is 6. The van der Waals surface area contributed by atoms with Gasteiger partial charge in [-0.15, -0.1) is 0 Å². The Bertz CT molecular complexity index is 2460. The van der Waals surface area contributed by atoms with Crippen molar-refractivity contribution >= 4 is 83.6 Å². The first-order valence-electron chi connectivity index (χ1n) is 41.3. The van der Waals surface area contributed by atoms with Crippen molar-refractivity contribution in [1.82, 2.24) is 62.1 Å². The van der Waals surface area contributed by atoms with Gasteiger partial charge in [0.25, 0.3) is 0 Å². The Kier molecular flexibility index (Phi) is 74.0. The second-order valence-electron chi connectivity index (χ2n) is 26.9. The molecule has 0 atom stereocenters. The van der Waals surface area contributed by atoms with Crippen LogP contribution in [0, 0.1) is 0 Å². The van der Waals surface area contributed by atoms with Gasteiger partial charge in [0, 0.05) is 156 Å². The quantitative estimate of drug-likeness (QED) is 0.0307. The summed E-state index contributed by atoms with van der Waals surface area (Å²) in [5, 5.41) is 39.4. The molecule has 0 fully saturated rings. The standard InChI is InChI=1S/C40H80N10O9.C36H64N6O13/c41-19-11-3-1-7-15-35(51)45-23-27-49(29-25-47-37(53)17-9-5-13-21-43)39(55)58-33-31-57-32-34-59-40(56)50(30-26-48-38(54)18-10-6-14-22-44)28-24-46-36(52)16-8-2-4-12-20-42;1-3-21-41(22-4-2)35(51)54-27-25-53-26-28-55-36(52)42(23-19-39-29(43)11-7-5-9-17-37-31(45)13-15-33(47)48)24-20-40-30(44)12-8-6-10-18-38-32(46)14-16-34(49)50/h1-34,41-44H2,(H,45,51)(H,46,52)(H,47,53)(H,48,54);3-28H2,1-2H3,(H,37,45)(H,38,46)(H,39,43)(H,40,44)(H,47,48)(H,49,50). The predicted molar refractivity (Wildman–Crippen MR) is 428 cm³/mol. The maximum Gasteiger partial charge on any atom is 0.409 e. The Morgan fingerprint density at radius 2 is 0.430 bits per heavy atom. The minimum Gasteiger partial charge on any atom is -0.481 e. The molecular weight excluding hydrogens is 1490 g/mol. The molecule has 0 heterocycles. The molecule has 0 bridgehead atoms.